The number of amides is 2. The minimum atomic E-state index is -0.883. The molecule has 1 atom stereocenters. The molecule has 0 radical (unpaired) electrons. The first-order valence-corrected chi connectivity index (χ1v) is 8.68. The van der Waals surface area contributed by atoms with Gasteiger partial charge in [-0.05, 0) is 36.1 Å². The zero-order valence-electron chi connectivity index (χ0n) is 14.1. The highest BCUT2D eigenvalue weighted by Gasteiger charge is 2.18. The molecule has 0 aliphatic heterocycles. The van der Waals surface area contributed by atoms with Gasteiger partial charge in [-0.3, -0.25) is 9.59 Å². The minimum Gasteiger partial charge on any atom is -0.449 e. The molecule has 7 heteroatoms. The molecule has 6 nitrogen and oxygen atoms in total. The van der Waals surface area contributed by atoms with Gasteiger partial charge in [-0.15, -0.1) is 11.3 Å². The monoisotopic (exact) mass is 360 g/mol. The Morgan fingerprint density at radius 1 is 1.08 bits per heavy atom. The molecule has 132 valence electrons. The highest BCUT2D eigenvalue weighted by Crippen LogP contribution is 2.09. The molecule has 25 heavy (non-hydrogen) atoms. The fourth-order valence-electron chi connectivity index (χ4n) is 2.00. The maximum Gasteiger partial charge on any atom is 0.338 e. The van der Waals surface area contributed by atoms with Gasteiger partial charge < -0.3 is 15.4 Å². The van der Waals surface area contributed by atoms with E-state index in [-0.39, 0.29) is 11.8 Å². The highest BCUT2D eigenvalue weighted by atomic mass is 32.1. The van der Waals surface area contributed by atoms with Crippen LogP contribution in [0.15, 0.2) is 41.8 Å². The molecule has 0 aliphatic carbocycles. The van der Waals surface area contributed by atoms with Crippen LogP contribution in [0.4, 0.5) is 0 Å². The second-order valence-corrected chi connectivity index (χ2v) is 6.48. The summed E-state index contributed by atoms with van der Waals surface area (Å²) in [5.41, 5.74) is 1.22. The van der Waals surface area contributed by atoms with Gasteiger partial charge in [0, 0.05) is 18.3 Å². The van der Waals surface area contributed by atoms with Crippen molar-refractivity contribution in [1.29, 1.82) is 0 Å². The molecule has 1 heterocycles. The van der Waals surface area contributed by atoms with Crippen LogP contribution in [0.1, 0.15) is 34.6 Å². The van der Waals surface area contributed by atoms with Gasteiger partial charge in [-0.2, -0.15) is 0 Å². The first kappa shape index (κ1) is 18.7. The van der Waals surface area contributed by atoms with Crippen molar-refractivity contribution in [1.82, 2.24) is 10.6 Å². The maximum atomic E-state index is 12.1. The number of benzene rings is 1. The van der Waals surface area contributed by atoms with Crippen LogP contribution < -0.4 is 10.6 Å². The molecule has 0 bridgehead atoms. The van der Waals surface area contributed by atoms with Gasteiger partial charge in [0.15, 0.2) is 6.10 Å². The fourth-order valence-corrected chi connectivity index (χ4v) is 2.64. The third-order valence-corrected chi connectivity index (χ3v) is 4.28. The smallest absolute Gasteiger partial charge is 0.338 e. The summed E-state index contributed by atoms with van der Waals surface area (Å²) in [7, 11) is 0. The molecular weight excluding hydrogens is 340 g/mol. The third-order valence-electron chi connectivity index (χ3n) is 3.40. The average molecular weight is 360 g/mol. The zero-order valence-corrected chi connectivity index (χ0v) is 14.9. The Morgan fingerprint density at radius 2 is 1.80 bits per heavy atom. The summed E-state index contributed by atoms with van der Waals surface area (Å²) >= 11 is 1.55. The van der Waals surface area contributed by atoms with E-state index >= 15 is 0 Å². The molecule has 0 saturated carbocycles. The number of esters is 1. The zero-order chi connectivity index (χ0) is 18.2. The van der Waals surface area contributed by atoms with Crippen molar-refractivity contribution in [3.05, 3.63) is 57.8 Å². The molecule has 0 aliphatic rings. The van der Waals surface area contributed by atoms with E-state index in [9.17, 15) is 14.4 Å². The SMILES string of the molecule is CC(=O)NCc1ccc(C(=O)OC(C)C(=O)NCc2cccs2)cc1. The average Bonchev–Trinajstić information content (AvgIpc) is 3.11. The lowest BCUT2D eigenvalue weighted by atomic mass is 10.1. The van der Waals surface area contributed by atoms with Crippen LogP contribution >= 0.6 is 11.3 Å². The number of hydrogen-bond acceptors (Lipinski definition) is 5. The fraction of sp³-hybridized carbons (Fsp3) is 0.278. The van der Waals surface area contributed by atoms with Crippen molar-refractivity contribution in [2.75, 3.05) is 0 Å². The summed E-state index contributed by atoms with van der Waals surface area (Å²) in [5.74, 6) is -1.03. The van der Waals surface area contributed by atoms with Crippen LogP contribution in [0.25, 0.3) is 0 Å². The predicted octanol–water partition coefficient (Wildman–Crippen LogP) is 2.25. The Balaban J connectivity index is 1.83. The summed E-state index contributed by atoms with van der Waals surface area (Å²) < 4.78 is 5.19. The van der Waals surface area contributed by atoms with Crippen molar-refractivity contribution in [2.24, 2.45) is 0 Å². The largest absolute Gasteiger partial charge is 0.449 e. The van der Waals surface area contributed by atoms with E-state index in [1.807, 2.05) is 17.5 Å². The van der Waals surface area contributed by atoms with Crippen LogP contribution in [-0.2, 0) is 27.4 Å². The Hall–Kier alpha value is -2.67. The second kappa shape index (κ2) is 8.98. The molecule has 2 N–H and O–H groups in total. The minimum absolute atomic E-state index is 0.120. The molecule has 0 spiro atoms. The van der Waals surface area contributed by atoms with Gasteiger partial charge in [0.2, 0.25) is 5.91 Å². The van der Waals surface area contributed by atoms with E-state index in [0.717, 1.165) is 10.4 Å². The number of thiophene rings is 1. The molecule has 1 aromatic heterocycles. The number of nitrogens with one attached hydrogen (secondary N) is 2. The first-order valence-electron chi connectivity index (χ1n) is 7.80. The van der Waals surface area contributed by atoms with E-state index in [1.54, 1.807) is 35.6 Å². The Labute approximate surface area is 150 Å². The van der Waals surface area contributed by atoms with E-state index in [0.29, 0.717) is 18.7 Å². The molecule has 1 aromatic carbocycles. The van der Waals surface area contributed by atoms with Crippen LogP contribution in [-0.4, -0.2) is 23.9 Å². The molecule has 2 aromatic rings. The van der Waals surface area contributed by atoms with Gasteiger partial charge in [0.25, 0.3) is 5.91 Å². The Morgan fingerprint density at radius 3 is 2.40 bits per heavy atom. The standard InChI is InChI=1S/C18H20N2O4S/c1-12(17(22)20-11-16-4-3-9-25-16)24-18(23)15-7-5-14(6-8-15)10-19-13(2)21/h3-9,12H,10-11H2,1-2H3,(H,19,21)(H,20,22). The van der Waals surface area contributed by atoms with Gasteiger partial charge >= 0.3 is 5.97 Å². The van der Waals surface area contributed by atoms with Crippen molar-refractivity contribution in [3.63, 3.8) is 0 Å². The Bertz CT molecular complexity index is 726. The van der Waals surface area contributed by atoms with Gasteiger partial charge in [0.1, 0.15) is 0 Å². The summed E-state index contributed by atoms with van der Waals surface area (Å²) in [6.07, 6.45) is -0.883. The van der Waals surface area contributed by atoms with E-state index in [2.05, 4.69) is 10.6 Å². The lowest BCUT2D eigenvalue weighted by Crippen LogP contribution is -2.35. The number of carbonyl (C=O) groups is 3. The molecule has 2 amide bonds. The van der Waals surface area contributed by atoms with Gasteiger partial charge in [0.05, 0.1) is 12.1 Å². The van der Waals surface area contributed by atoms with Crippen molar-refractivity contribution < 1.29 is 19.1 Å². The number of carbonyl (C=O) groups excluding carboxylic acids is 3. The lowest BCUT2D eigenvalue weighted by molar-refractivity contribution is -0.129. The molecule has 0 saturated heterocycles. The summed E-state index contributed by atoms with van der Waals surface area (Å²) in [6, 6.07) is 10.5. The van der Waals surface area contributed by atoms with Crippen molar-refractivity contribution >= 4 is 29.1 Å². The lowest BCUT2D eigenvalue weighted by Gasteiger charge is -2.13. The van der Waals surface area contributed by atoms with Crippen molar-refractivity contribution in [3.8, 4) is 0 Å². The summed E-state index contributed by atoms with van der Waals surface area (Å²) in [4.78, 5) is 36.0. The van der Waals surface area contributed by atoms with Crippen LogP contribution in [0, 0.1) is 0 Å². The molecule has 0 fully saturated rings. The second-order valence-electron chi connectivity index (χ2n) is 5.45. The molecule has 1 unspecified atom stereocenters. The third kappa shape index (κ3) is 6.04. The van der Waals surface area contributed by atoms with Crippen LogP contribution in [0.5, 0.6) is 0 Å². The van der Waals surface area contributed by atoms with Crippen LogP contribution in [0.2, 0.25) is 0 Å². The Kier molecular flexibility index (Phi) is 6.71. The summed E-state index contributed by atoms with van der Waals surface area (Å²) in [5, 5.41) is 7.34. The highest BCUT2D eigenvalue weighted by molar-refractivity contribution is 7.09. The molecular formula is C18H20N2O4S. The van der Waals surface area contributed by atoms with Gasteiger partial charge in [-0.25, -0.2) is 4.79 Å². The maximum absolute atomic E-state index is 12.1. The topological polar surface area (TPSA) is 84.5 Å². The first-order chi connectivity index (χ1) is 12.0. The number of rotatable bonds is 7. The van der Waals surface area contributed by atoms with E-state index in [1.165, 1.54) is 13.8 Å². The van der Waals surface area contributed by atoms with Crippen LogP contribution in [0.3, 0.4) is 0 Å². The number of ether oxygens (including phenoxy) is 1. The quantitative estimate of drug-likeness (QED) is 0.742. The summed E-state index contributed by atoms with van der Waals surface area (Å²) in [6.45, 7) is 3.78. The van der Waals surface area contributed by atoms with E-state index in [4.69, 9.17) is 4.74 Å². The normalized spacial score (nSPS) is 11.4. The predicted molar refractivity (Wildman–Crippen MR) is 95.0 cm³/mol. The van der Waals surface area contributed by atoms with E-state index < -0.39 is 12.1 Å². The number of hydrogen-bond donors (Lipinski definition) is 2. The van der Waals surface area contributed by atoms with Gasteiger partial charge in [-0.1, -0.05) is 18.2 Å². The van der Waals surface area contributed by atoms with Crippen molar-refractivity contribution in [2.45, 2.75) is 33.0 Å². The molecule has 2 rings (SSSR count).